The molecule has 0 bridgehead atoms. The summed E-state index contributed by atoms with van der Waals surface area (Å²) in [7, 11) is 9.53. The molecule has 1 aliphatic rings. The summed E-state index contributed by atoms with van der Waals surface area (Å²) in [6.45, 7) is 3.99. The predicted octanol–water partition coefficient (Wildman–Crippen LogP) is 4.70. The van der Waals surface area contributed by atoms with E-state index >= 15 is 0 Å². The van der Waals surface area contributed by atoms with Crippen LogP contribution >= 0.6 is 20.2 Å². The second kappa shape index (κ2) is 8.44. The summed E-state index contributed by atoms with van der Waals surface area (Å²) in [6.07, 6.45) is 2.93. The van der Waals surface area contributed by atoms with E-state index in [0.717, 1.165) is 40.6 Å². The Morgan fingerprint density at radius 2 is 1.45 bits per heavy atom. The number of aryl methyl sites for hydroxylation is 2. The average Bonchev–Trinajstić information content (AvgIpc) is 2.98. The molecule has 0 amide bonds. The van der Waals surface area contributed by atoms with E-state index in [9.17, 15) is 0 Å². The first-order valence-electron chi connectivity index (χ1n) is 6.65. The zero-order valence-corrected chi connectivity index (χ0v) is 14.8. The van der Waals surface area contributed by atoms with Crippen LogP contribution < -0.4 is 0 Å². The minimum absolute atomic E-state index is 0.194. The second-order valence-electron chi connectivity index (χ2n) is 4.73. The van der Waals surface area contributed by atoms with Crippen LogP contribution in [0.25, 0.3) is 5.70 Å². The van der Waals surface area contributed by atoms with Crippen LogP contribution in [-0.2, 0) is 13.1 Å². The van der Waals surface area contributed by atoms with E-state index < -0.39 is 0 Å². The number of nitrogens with zero attached hydrogens (tertiary/aromatic N) is 3. The molecule has 0 fully saturated rings. The third-order valence-electron chi connectivity index (χ3n) is 3.08. The zero-order chi connectivity index (χ0) is 15.9. The van der Waals surface area contributed by atoms with Crippen LogP contribution in [0.4, 0.5) is 0 Å². The van der Waals surface area contributed by atoms with Gasteiger partial charge in [0.1, 0.15) is 0 Å². The van der Waals surface area contributed by atoms with Crippen LogP contribution in [0, 0.1) is 13.8 Å². The molecule has 0 N–H and O–H groups in total. The fraction of sp³-hybridized carbons (Fsp3) is 0.188. The van der Waals surface area contributed by atoms with Crippen molar-refractivity contribution in [3.8, 4) is 0 Å². The molecule has 3 rings (SSSR count). The van der Waals surface area contributed by atoms with Crippen molar-refractivity contribution in [2.75, 3.05) is 0 Å². The summed E-state index contributed by atoms with van der Waals surface area (Å²) in [5.41, 5.74) is 5.88. The molecule has 6 heteroatoms. The van der Waals surface area contributed by atoms with Crippen LogP contribution in [0.3, 0.4) is 0 Å². The number of hydrogen-bond donors (Lipinski definition) is 0. The Morgan fingerprint density at radius 1 is 0.909 bits per heavy atom. The Bertz CT molecular complexity index is 714. The van der Waals surface area contributed by atoms with Crippen molar-refractivity contribution in [1.29, 1.82) is 0 Å². The number of aromatic nitrogens is 2. The molecule has 0 spiro atoms. The number of rotatable bonds is 2. The minimum atomic E-state index is 0.194. The van der Waals surface area contributed by atoms with Gasteiger partial charge in [-0.15, -0.1) is 0 Å². The maximum atomic E-state index is 4.76. The molecule has 3 nitrogen and oxygen atoms in total. The van der Waals surface area contributed by atoms with E-state index in [1.54, 1.807) is 0 Å². The van der Waals surface area contributed by atoms with E-state index in [4.69, 9.17) is 20.2 Å². The molecule has 0 radical (unpaired) electrons. The maximum absolute atomic E-state index is 4.76. The van der Waals surface area contributed by atoms with Crippen molar-refractivity contribution in [2.45, 2.75) is 20.3 Å². The van der Waals surface area contributed by atoms with Crippen molar-refractivity contribution in [2.24, 2.45) is 4.99 Å². The first-order chi connectivity index (χ1) is 10.6. The number of hydrogen-bond acceptors (Lipinski definition) is 3. The fourth-order valence-corrected chi connectivity index (χ4v) is 2.14. The third kappa shape index (κ3) is 4.65. The van der Waals surface area contributed by atoms with Gasteiger partial charge in [0, 0.05) is 17.8 Å². The molecule has 3 heterocycles. The van der Waals surface area contributed by atoms with E-state index in [-0.39, 0.29) is 13.1 Å². The van der Waals surface area contributed by atoms with Gasteiger partial charge in [-0.1, -0.05) is 18.2 Å². The van der Waals surface area contributed by atoms with Crippen molar-refractivity contribution >= 4 is 31.6 Å². The van der Waals surface area contributed by atoms with Crippen molar-refractivity contribution in [3.63, 3.8) is 0 Å². The Morgan fingerprint density at radius 3 is 2.05 bits per heavy atom. The molecular formula is C16H15Cl2FeN3. The quantitative estimate of drug-likeness (QED) is 0.713. The van der Waals surface area contributed by atoms with Crippen LogP contribution in [0.15, 0.2) is 47.5 Å². The SMILES string of the molecule is Cc1cccc(C2=CCC(c3cccc(C)n3)=N2)n1.[Cl][Fe][Cl]. The monoisotopic (exact) mass is 375 g/mol. The third-order valence-corrected chi connectivity index (χ3v) is 3.08. The van der Waals surface area contributed by atoms with Gasteiger partial charge in [0.2, 0.25) is 0 Å². The van der Waals surface area contributed by atoms with Gasteiger partial charge in [-0.3, -0.25) is 9.97 Å². The molecule has 0 atom stereocenters. The normalized spacial score (nSPS) is 13.3. The van der Waals surface area contributed by atoms with Gasteiger partial charge >= 0.3 is 33.3 Å². The van der Waals surface area contributed by atoms with Crippen molar-refractivity contribution < 1.29 is 13.1 Å². The predicted molar refractivity (Wildman–Crippen MR) is 88.8 cm³/mol. The Hall–Kier alpha value is -1.19. The molecule has 22 heavy (non-hydrogen) atoms. The van der Waals surface area contributed by atoms with E-state index in [2.05, 4.69) is 21.0 Å². The van der Waals surface area contributed by atoms with Crippen LogP contribution in [0.1, 0.15) is 29.2 Å². The summed E-state index contributed by atoms with van der Waals surface area (Å²) in [6, 6.07) is 12.0. The number of pyridine rings is 2. The van der Waals surface area contributed by atoms with Gasteiger partial charge < -0.3 is 0 Å². The summed E-state index contributed by atoms with van der Waals surface area (Å²) in [4.78, 5) is 13.7. The Balaban J connectivity index is 0.000000545. The standard InChI is InChI=1S/C16H15N3.2ClH.Fe/c1-11-5-3-7-13(17-11)15-9-10-16(19-15)14-8-4-6-12(2)18-14;;;/h3-9H,10H2,1-2H3;2*1H;/q;;;+2/p-2. The average molecular weight is 376 g/mol. The zero-order valence-electron chi connectivity index (χ0n) is 12.2. The second-order valence-corrected chi connectivity index (χ2v) is 6.55. The molecule has 0 saturated carbocycles. The first-order valence-corrected chi connectivity index (χ1v) is 9.69. The summed E-state index contributed by atoms with van der Waals surface area (Å²) >= 11 is 0.194. The molecular weight excluding hydrogens is 361 g/mol. The van der Waals surface area contributed by atoms with Gasteiger partial charge in [0.05, 0.1) is 22.8 Å². The van der Waals surface area contributed by atoms with Crippen LogP contribution in [0.2, 0.25) is 0 Å². The van der Waals surface area contributed by atoms with E-state index in [1.807, 2.05) is 50.2 Å². The topological polar surface area (TPSA) is 38.1 Å². The molecule has 0 aliphatic carbocycles. The molecule has 0 aromatic carbocycles. The van der Waals surface area contributed by atoms with Crippen LogP contribution in [0.5, 0.6) is 0 Å². The molecule has 0 saturated heterocycles. The summed E-state index contributed by atoms with van der Waals surface area (Å²) in [5, 5.41) is 0. The van der Waals surface area contributed by atoms with Gasteiger partial charge in [-0.05, 0) is 38.1 Å². The molecule has 116 valence electrons. The summed E-state index contributed by atoms with van der Waals surface area (Å²) < 4.78 is 0. The Labute approximate surface area is 145 Å². The number of halogens is 2. The van der Waals surface area contributed by atoms with E-state index in [0.29, 0.717) is 0 Å². The van der Waals surface area contributed by atoms with Crippen molar-refractivity contribution in [1.82, 2.24) is 9.97 Å². The molecule has 1 aliphatic heterocycles. The van der Waals surface area contributed by atoms with Gasteiger partial charge in [0.25, 0.3) is 0 Å². The first kappa shape index (κ1) is 17.2. The fourth-order valence-electron chi connectivity index (χ4n) is 2.14. The van der Waals surface area contributed by atoms with Crippen LogP contribution in [-0.4, -0.2) is 15.7 Å². The number of allylic oxidation sites excluding steroid dienone is 1. The van der Waals surface area contributed by atoms with Gasteiger partial charge in [-0.2, -0.15) is 0 Å². The van der Waals surface area contributed by atoms with Gasteiger partial charge in [0.15, 0.2) is 0 Å². The van der Waals surface area contributed by atoms with Gasteiger partial charge in [-0.25, -0.2) is 4.99 Å². The van der Waals surface area contributed by atoms with Crippen molar-refractivity contribution in [3.05, 3.63) is 65.2 Å². The summed E-state index contributed by atoms with van der Waals surface area (Å²) in [5.74, 6) is 0. The molecule has 2 aromatic rings. The van der Waals surface area contributed by atoms with E-state index in [1.165, 1.54) is 0 Å². The molecule has 2 aromatic heterocycles. The Kier molecular flexibility index (Phi) is 6.59. The number of aliphatic imine (C=N–C) groups is 1. The molecule has 0 unspecified atom stereocenters.